The Balaban J connectivity index is 1.50. The molecule has 1 saturated heterocycles. The fraction of sp³-hybridized carbons (Fsp3) is 0.273. The van der Waals surface area contributed by atoms with E-state index in [1.807, 2.05) is 18.2 Å². The van der Waals surface area contributed by atoms with Gasteiger partial charge in [-0.1, -0.05) is 18.2 Å². The van der Waals surface area contributed by atoms with E-state index in [0.29, 0.717) is 32.0 Å². The molecule has 7 heteroatoms. The van der Waals surface area contributed by atoms with E-state index in [2.05, 4.69) is 22.8 Å². The van der Waals surface area contributed by atoms with Crippen LogP contribution in [0.2, 0.25) is 0 Å². The van der Waals surface area contributed by atoms with Crippen molar-refractivity contribution in [3.63, 3.8) is 0 Å². The number of hydrogen-bond acceptors (Lipinski definition) is 5. The number of thiophene rings is 1. The maximum absolute atomic E-state index is 12.9. The van der Waals surface area contributed by atoms with E-state index in [-0.39, 0.29) is 29.9 Å². The highest BCUT2D eigenvalue weighted by Crippen LogP contribution is 2.41. The van der Waals surface area contributed by atoms with Gasteiger partial charge in [0.2, 0.25) is 11.8 Å². The summed E-state index contributed by atoms with van der Waals surface area (Å²) < 4.78 is 6.96. The standard InChI is InChI=1S/C22H20N2O4S/c25-18-8-13(17-12-29-19-4-2-1-3-16(17)19)7-15-11-24(5-6-28-21(15)18)22(27)14-9-20(26)23-10-14/h1-4,7-8,12,14,25H,5-6,9-11H2,(H,23,26). The predicted molar refractivity (Wildman–Crippen MR) is 111 cm³/mol. The van der Waals surface area contributed by atoms with Crippen LogP contribution < -0.4 is 10.1 Å². The fourth-order valence-corrected chi connectivity index (χ4v) is 5.05. The van der Waals surface area contributed by atoms with Gasteiger partial charge in [-0.15, -0.1) is 11.3 Å². The lowest BCUT2D eigenvalue weighted by molar-refractivity contribution is -0.136. The third-order valence-electron chi connectivity index (χ3n) is 5.55. The van der Waals surface area contributed by atoms with Gasteiger partial charge >= 0.3 is 0 Å². The Labute approximate surface area is 171 Å². The van der Waals surface area contributed by atoms with Crippen molar-refractivity contribution in [2.75, 3.05) is 19.7 Å². The monoisotopic (exact) mass is 408 g/mol. The molecule has 0 bridgehead atoms. The predicted octanol–water partition coefficient (Wildman–Crippen LogP) is 3.13. The normalized spacial score (nSPS) is 18.8. The zero-order valence-electron chi connectivity index (χ0n) is 15.7. The number of benzene rings is 2. The van der Waals surface area contributed by atoms with Gasteiger partial charge in [0.15, 0.2) is 11.5 Å². The van der Waals surface area contributed by atoms with Crippen molar-refractivity contribution >= 4 is 33.2 Å². The second kappa shape index (κ2) is 7.08. The number of nitrogens with zero attached hydrogens (tertiary/aromatic N) is 1. The fourth-order valence-electron chi connectivity index (χ4n) is 4.08. The van der Waals surface area contributed by atoms with Crippen LogP contribution in [-0.2, 0) is 16.1 Å². The molecule has 29 heavy (non-hydrogen) atoms. The van der Waals surface area contributed by atoms with E-state index in [4.69, 9.17) is 4.74 Å². The maximum Gasteiger partial charge on any atom is 0.228 e. The molecule has 2 amide bonds. The summed E-state index contributed by atoms with van der Waals surface area (Å²) in [5.41, 5.74) is 2.73. The van der Waals surface area contributed by atoms with Crippen LogP contribution in [0.1, 0.15) is 12.0 Å². The molecule has 1 fully saturated rings. The van der Waals surface area contributed by atoms with Gasteiger partial charge in [-0.3, -0.25) is 9.59 Å². The van der Waals surface area contributed by atoms with Crippen LogP contribution in [0.15, 0.2) is 41.8 Å². The molecule has 5 rings (SSSR count). The maximum atomic E-state index is 12.9. The van der Waals surface area contributed by atoms with Crippen molar-refractivity contribution in [1.29, 1.82) is 0 Å². The molecule has 6 nitrogen and oxygen atoms in total. The van der Waals surface area contributed by atoms with Gasteiger partial charge in [0.05, 0.1) is 12.5 Å². The summed E-state index contributed by atoms with van der Waals surface area (Å²) in [6, 6.07) is 11.9. The minimum absolute atomic E-state index is 0.0503. The third-order valence-corrected chi connectivity index (χ3v) is 6.51. The first-order chi connectivity index (χ1) is 14.1. The van der Waals surface area contributed by atoms with Crippen molar-refractivity contribution < 1.29 is 19.4 Å². The van der Waals surface area contributed by atoms with Crippen LogP contribution in [-0.4, -0.2) is 41.5 Å². The molecule has 0 radical (unpaired) electrons. The lowest BCUT2D eigenvalue weighted by atomic mass is 10.0. The molecule has 2 aliphatic heterocycles. The van der Waals surface area contributed by atoms with Crippen molar-refractivity contribution in [2.45, 2.75) is 13.0 Å². The van der Waals surface area contributed by atoms with E-state index in [0.717, 1.165) is 22.1 Å². The Bertz CT molecular complexity index is 1120. The second-order valence-electron chi connectivity index (χ2n) is 7.44. The second-order valence-corrected chi connectivity index (χ2v) is 8.35. The number of nitrogens with one attached hydrogen (secondary N) is 1. The third kappa shape index (κ3) is 3.21. The first-order valence-electron chi connectivity index (χ1n) is 9.61. The molecule has 1 unspecified atom stereocenters. The van der Waals surface area contributed by atoms with Gasteiger partial charge in [0.1, 0.15) is 6.61 Å². The number of hydrogen-bond donors (Lipinski definition) is 2. The molecular formula is C22H20N2O4S. The Morgan fingerprint density at radius 1 is 1.28 bits per heavy atom. The molecule has 0 saturated carbocycles. The van der Waals surface area contributed by atoms with E-state index in [1.165, 1.54) is 4.70 Å². The molecule has 0 spiro atoms. The number of phenolic OH excluding ortho intramolecular Hbond substituents is 1. The number of amides is 2. The summed E-state index contributed by atoms with van der Waals surface area (Å²) in [6.45, 7) is 1.46. The number of carbonyl (C=O) groups excluding carboxylic acids is 2. The van der Waals surface area contributed by atoms with Crippen LogP contribution in [0.3, 0.4) is 0 Å². The van der Waals surface area contributed by atoms with Crippen molar-refractivity contribution in [3.8, 4) is 22.6 Å². The summed E-state index contributed by atoms with van der Waals surface area (Å²) >= 11 is 1.66. The quantitative estimate of drug-likeness (QED) is 0.683. The molecule has 148 valence electrons. The average Bonchev–Trinajstić information content (AvgIpc) is 3.28. The van der Waals surface area contributed by atoms with Crippen molar-refractivity contribution in [1.82, 2.24) is 10.2 Å². The highest BCUT2D eigenvalue weighted by molar-refractivity contribution is 7.17. The van der Waals surface area contributed by atoms with Crippen molar-refractivity contribution in [2.24, 2.45) is 5.92 Å². The van der Waals surface area contributed by atoms with E-state index >= 15 is 0 Å². The van der Waals surface area contributed by atoms with Gasteiger partial charge in [0.25, 0.3) is 0 Å². The minimum atomic E-state index is -0.332. The Morgan fingerprint density at radius 2 is 2.14 bits per heavy atom. The molecule has 3 aromatic rings. The summed E-state index contributed by atoms with van der Waals surface area (Å²) in [6.07, 6.45) is 0.231. The molecule has 2 aliphatic rings. The zero-order chi connectivity index (χ0) is 20.0. The molecular weight excluding hydrogens is 388 g/mol. The summed E-state index contributed by atoms with van der Waals surface area (Å²) in [5, 5.41) is 16.6. The van der Waals surface area contributed by atoms with Gasteiger partial charge in [-0.2, -0.15) is 0 Å². The summed E-state index contributed by atoms with van der Waals surface area (Å²) in [5.74, 6) is 0.0513. The van der Waals surface area contributed by atoms with E-state index < -0.39 is 0 Å². The molecule has 2 N–H and O–H groups in total. The largest absolute Gasteiger partial charge is 0.504 e. The zero-order valence-corrected chi connectivity index (χ0v) is 16.5. The first-order valence-corrected chi connectivity index (χ1v) is 10.5. The number of phenols is 1. The van der Waals surface area contributed by atoms with E-state index in [9.17, 15) is 14.7 Å². The number of carbonyl (C=O) groups is 2. The molecule has 0 aliphatic carbocycles. The van der Waals surface area contributed by atoms with Crippen LogP contribution in [0.4, 0.5) is 0 Å². The van der Waals surface area contributed by atoms with Gasteiger partial charge in [-0.25, -0.2) is 0 Å². The molecule has 1 atom stereocenters. The van der Waals surface area contributed by atoms with Crippen molar-refractivity contribution in [3.05, 3.63) is 47.3 Å². The van der Waals surface area contributed by atoms with Crippen LogP contribution >= 0.6 is 11.3 Å². The Kier molecular flexibility index (Phi) is 4.39. The van der Waals surface area contributed by atoms with Crippen LogP contribution in [0.25, 0.3) is 21.2 Å². The highest BCUT2D eigenvalue weighted by atomic mass is 32.1. The van der Waals surface area contributed by atoms with Gasteiger partial charge in [0, 0.05) is 40.7 Å². The SMILES string of the molecule is O=C1CC(C(=O)N2CCOc3c(O)cc(-c4csc5ccccc45)cc3C2)CN1. The topological polar surface area (TPSA) is 78.9 Å². The van der Waals surface area contributed by atoms with Gasteiger partial charge < -0.3 is 20.1 Å². The number of aromatic hydroxyl groups is 1. The molecule has 1 aromatic heterocycles. The summed E-state index contributed by atoms with van der Waals surface area (Å²) in [7, 11) is 0. The minimum Gasteiger partial charge on any atom is -0.504 e. The molecule has 3 heterocycles. The molecule has 2 aromatic carbocycles. The Morgan fingerprint density at radius 3 is 2.97 bits per heavy atom. The number of ether oxygens (including phenoxy) is 1. The number of rotatable bonds is 2. The van der Waals surface area contributed by atoms with Crippen LogP contribution in [0.5, 0.6) is 11.5 Å². The summed E-state index contributed by atoms with van der Waals surface area (Å²) in [4.78, 5) is 26.1. The lowest BCUT2D eigenvalue weighted by Gasteiger charge is -2.22. The highest BCUT2D eigenvalue weighted by Gasteiger charge is 2.33. The Hall–Kier alpha value is -3.06. The number of fused-ring (bicyclic) bond motifs is 2. The smallest absolute Gasteiger partial charge is 0.228 e. The van der Waals surface area contributed by atoms with Gasteiger partial charge in [-0.05, 0) is 29.1 Å². The van der Waals surface area contributed by atoms with E-state index in [1.54, 1.807) is 22.3 Å². The lowest BCUT2D eigenvalue weighted by Crippen LogP contribution is -2.37. The van der Waals surface area contributed by atoms with Crippen LogP contribution in [0, 0.1) is 5.92 Å². The average molecular weight is 408 g/mol. The first kappa shape index (κ1) is 18.0.